The van der Waals surface area contributed by atoms with Crippen molar-refractivity contribution in [3.8, 4) is 0 Å². The molecule has 0 aliphatic heterocycles. The van der Waals surface area contributed by atoms with Gasteiger partial charge in [-0.25, -0.2) is 4.39 Å². The molecule has 0 aromatic heterocycles. The van der Waals surface area contributed by atoms with Crippen molar-refractivity contribution in [2.75, 3.05) is 11.9 Å². The van der Waals surface area contributed by atoms with E-state index in [2.05, 4.69) is 10.6 Å². The summed E-state index contributed by atoms with van der Waals surface area (Å²) in [6.45, 7) is 0.297. The predicted molar refractivity (Wildman–Crippen MR) is 97.9 cm³/mol. The summed E-state index contributed by atoms with van der Waals surface area (Å²) in [5.41, 5.74) is 0.395. The van der Waals surface area contributed by atoms with E-state index in [1.165, 1.54) is 50.7 Å². The second-order valence-corrected chi connectivity index (χ2v) is 8.72. The van der Waals surface area contributed by atoms with E-state index >= 15 is 0 Å². The van der Waals surface area contributed by atoms with Gasteiger partial charge in [-0.05, 0) is 73.8 Å². The molecule has 0 atom stereocenters. The monoisotopic (exact) mass is 358 g/mol. The first-order valence-electron chi connectivity index (χ1n) is 9.82. The van der Waals surface area contributed by atoms with Crippen LogP contribution >= 0.6 is 0 Å². The predicted octanol–water partition coefficient (Wildman–Crippen LogP) is 3.88. The Bertz CT molecular complexity index is 668. The van der Waals surface area contributed by atoms with E-state index in [0.29, 0.717) is 13.0 Å². The second-order valence-electron chi connectivity index (χ2n) is 8.72. The minimum atomic E-state index is -0.452. The maximum absolute atomic E-state index is 13.5. The molecule has 1 aromatic carbocycles. The molecule has 5 rings (SSSR count). The smallest absolute Gasteiger partial charge is 0.226 e. The molecule has 0 spiro atoms. The van der Waals surface area contributed by atoms with E-state index in [1.54, 1.807) is 12.1 Å². The SMILES string of the molecule is O=C(CC12CC3CC(CC(C3)C1)C2)NCCC(=O)Nc1ccccc1F. The lowest BCUT2D eigenvalue weighted by Gasteiger charge is -2.56. The third kappa shape index (κ3) is 3.76. The number of amides is 2. The largest absolute Gasteiger partial charge is 0.356 e. The van der Waals surface area contributed by atoms with Gasteiger partial charge in [-0.2, -0.15) is 0 Å². The summed E-state index contributed by atoms with van der Waals surface area (Å²) in [5.74, 6) is 1.82. The molecular formula is C21H27FN2O2. The van der Waals surface area contributed by atoms with Gasteiger partial charge in [-0.15, -0.1) is 0 Å². The number of benzene rings is 1. The van der Waals surface area contributed by atoms with Crippen molar-refractivity contribution in [2.45, 2.75) is 51.4 Å². The highest BCUT2D eigenvalue weighted by Gasteiger charge is 2.51. The molecule has 140 valence electrons. The second kappa shape index (κ2) is 7.01. The average molecular weight is 358 g/mol. The van der Waals surface area contributed by atoms with Crippen LogP contribution < -0.4 is 10.6 Å². The van der Waals surface area contributed by atoms with Gasteiger partial charge < -0.3 is 10.6 Å². The molecule has 2 amide bonds. The average Bonchev–Trinajstić information content (AvgIpc) is 2.55. The summed E-state index contributed by atoms with van der Waals surface area (Å²) in [6, 6.07) is 6.09. The fraction of sp³-hybridized carbons (Fsp3) is 0.619. The van der Waals surface area contributed by atoms with Crippen molar-refractivity contribution in [3.63, 3.8) is 0 Å². The Labute approximate surface area is 153 Å². The first-order chi connectivity index (χ1) is 12.5. The minimum Gasteiger partial charge on any atom is -0.356 e. The molecule has 0 heterocycles. The molecule has 0 radical (unpaired) electrons. The number of carbonyl (C=O) groups is 2. The van der Waals surface area contributed by atoms with Crippen molar-refractivity contribution < 1.29 is 14.0 Å². The van der Waals surface area contributed by atoms with Gasteiger partial charge >= 0.3 is 0 Å². The van der Waals surface area contributed by atoms with E-state index in [0.717, 1.165) is 17.8 Å². The highest BCUT2D eigenvalue weighted by molar-refractivity contribution is 5.91. The number of hydrogen-bond acceptors (Lipinski definition) is 2. The first kappa shape index (κ1) is 17.5. The highest BCUT2D eigenvalue weighted by Crippen LogP contribution is 2.61. The molecule has 5 heteroatoms. The lowest BCUT2D eigenvalue weighted by Crippen LogP contribution is -2.48. The molecule has 4 aliphatic carbocycles. The zero-order valence-electron chi connectivity index (χ0n) is 15.1. The molecular weight excluding hydrogens is 331 g/mol. The maximum atomic E-state index is 13.5. The fourth-order valence-electron chi connectivity index (χ4n) is 6.00. The molecule has 4 fully saturated rings. The van der Waals surface area contributed by atoms with Crippen LogP contribution in [0.15, 0.2) is 24.3 Å². The number of carbonyl (C=O) groups excluding carboxylic acids is 2. The van der Waals surface area contributed by atoms with Crippen LogP contribution in [-0.2, 0) is 9.59 Å². The summed E-state index contributed by atoms with van der Waals surface area (Å²) in [5, 5.41) is 5.44. The lowest BCUT2D eigenvalue weighted by atomic mass is 9.49. The third-order valence-electron chi connectivity index (χ3n) is 6.52. The molecule has 26 heavy (non-hydrogen) atoms. The summed E-state index contributed by atoms with van der Waals surface area (Å²) in [6.07, 6.45) is 8.50. The van der Waals surface area contributed by atoms with Crippen LogP contribution in [0.5, 0.6) is 0 Å². The molecule has 0 unspecified atom stereocenters. The van der Waals surface area contributed by atoms with Crippen LogP contribution in [0, 0.1) is 29.0 Å². The zero-order chi connectivity index (χ0) is 18.1. The Morgan fingerprint density at radius 2 is 1.62 bits per heavy atom. The highest BCUT2D eigenvalue weighted by atomic mass is 19.1. The Morgan fingerprint density at radius 3 is 2.23 bits per heavy atom. The van der Waals surface area contributed by atoms with Gasteiger partial charge in [-0.3, -0.25) is 9.59 Å². The molecule has 4 nitrogen and oxygen atoms in total. The number of hydrogen-bond donors (Lipinski definition) is 2. The maximum Gasteiger partial charge on any atom is 0.226 e. The summed E-state index contributed by atoms with van der Waals surface area (Å²) >= 11 is 0. The number of anilines is 1. The van der Waals surface area contributed by atoms with Crippen molar-refractivity contribution in [3.05, 3.63) is 30.1 Å². The van der Waals surface area contributed by atoms with Crippen LogP contribution in [-0.4, -0.2) is 18.4 Å². The number of rotatable bonds is 6. The van der Waals surface area contributed by atoms with E-state index in [-0.39, 0.29) is 29.3 Å². The van der Waals surface area contributed by atoms with Gasteiger partial charge in [0, 0.05) is 19.4 Å². The van der Waals surface area contributed by atoms with Crippen LogP contribution in [0.2, 0.25) is 0 Å². The van der Waals surface area contributed by atoms with Crippen LogP contribution in [0.4, 0.5) is 10.1 Å². The van der Waals surface area contributed by atoms with Gasteiger partial charge in [0.1, 0.15) is 5.82 Å². The number of halogens is 1. The van der Waals surface area contributed by atoms with Crippen LogP contribution in [0.1, 0.15) is 51.4 Å². The summed E-state index contributed by atoms with van der Waals surface area (Å²) < 4.78 is 13.5. The lowest BCUT2D eigenvalue weighted by molar-refractivity contribution is -0.129. The molecule has 4 aliphatic rings. The van der Waals surface area contributed by atoms with Gasteiger partial charge in [0.25, 0.3) is 0 Å². The van der Waals surface area contributed by atoms with Crippen molar-refractivity contribution >= 4 is 17.5 Å². The summed E-state index contributed by atoms with van der Waals surface area (Å²) in [7, 11) is 0. The van der Waals surface area contributed by atoms with Crippen LogP contribution in [0.3, 0.4) is 0 Å². The third-order valence-corrected chi connectivity index (χ3v) is 6.52. The zero-order valence-corrected chi connectivity index (χ0v) is 15.1. The molecule has 4 bridgehead atoms. The van der Waals surface area contributed by atoms with E-state index in [9.17, 15) is 14.0 Å². The first-order valence-corrected chi connectivity index (χ1v) is 9.82. The Balaban J connectivity index is 1.22. The Kier molecular flexibility index (Phi) is 4.72. The van der Waals surface area contributed by atoms with Crippen molar-refractivity contribution in [1.29, 1.82) is 0 Å². The molecule has 1 aromatic rings. The van der Waals surface area contributed by atoms with Gasteiger partial charge in [0.05, 0.1) is 5.69 Å². The fourth-order valence-corrected chi connectivity index (χ4v) is 6.00. The Hall–Kier alpha value is -1.91. The topological polar surface area (TPSA) is 58.2 Å². The summed E-state index contributed by atoms with van der Waals surface area (Å²) in [4.78, 5) is 24.3. The quantitative estimate of drug-likeness (QED) is 0.811. The van der Waals surface area contributed by atoms with E-state index in [4.69, 9.17) is 0 Å². The standard InChI is InChI=1S/C21H27FN2O2/c22-17-3-1-2-4-18(17)24-19(25)5-6-23-20(26)13-21-10-14-7-15(11-21)9-16(8-14)12-21/h1-4,14-16H,5-13H2,(H,23,26)(H,24,25). The van der Waals surface area contributed by atoms with Crippen molar-refractivity contribution in [2.24, 2.45) is 23.2 Å². The van der Waals surface area contributed by atoms with Gasteiger partial charge in [0.15, 0.2) is 0 Å². The van der Waals surface area contributed by atoms with E-state index < -0.39 is 5.82 Å². The normalized spacial score (nSPS) is 31.7. The molecule has 2 N–H and O–H groups in total. The molecule has 4 saturated carbocycles. The molecule has 0 saturated heterocycles. The van der Waals surface area contributed by atoms with Crippen LogP contribution in [0.25, 0.3) is 0 Å². The number of para-hydroxylation sites is 1. The Morgan fingerprint density at radius 1 is 1.00 bits per heavy atom. The van der Waals surface area contributed by atoms with E-state index in [1.807, 2.05) is 0 Å². The van der Waals surface area contributed by atoms with Gasteiger partial charge in [0.2, 0.25) is 11.8 Å². The number of nitrogens with one attached hydrogen (secondary N) is 2. The minimum absolute atomic E-state index is 0.0608. The van der Waals surface area contributed by atoms with Crippen molar-refractivity contribution in [1.82, 2.24) is 5.32 Å². The van der Waals surface area contributed by atoms with Gasteiger partial charge in [-0.1, -0.05) is 12.1 Å².